The lowest BCUT2D eigenvalue weighted by atomic mass is 9.94. The van der Waals surface area contributed by atoms with E-state index in [2.05, 4.69) is 13.2 Å². The summed E-state index contributed by atoms with van der Waals surface area (Å²) in [5, 5.41) is 11.2. The minimum absolute atomic E-state index is 0.0491. The number of benzene rings is 1. The third-order valence-electron chi connectivity index (χ3n) is 5.07. The van der Waals surface area contributed by atoms with Gasteiger partial charge < -0.3 is 5.11 Å². The van der Waals surface area contributed by atoms with Crippen LogP contribution in [0.5, 0.6) is 0 Å². The number of aryl methyl sites for hydroxylation is 1. The first-order valence-corrected chi connectivity index (χ1v) is 8.87. The van der Waals surface area contributed by atoms with Crippen LogP contribution >= 0.6 is 0 Å². The van der Waals surface area contributed by atoms with Crippen molar-refractivity contribution in [1.82, 2.24) is 4.57 Å². The Labute approximate surface area is 152 Å². The standard InChI is InChI=1S/C22H23NO3/c1-4-8-15(5-2)19-18-13-14(3)11-12-17(18)21(24)23(20(19)22(25)26)16-9-6-7-10-16/h4-5,8,11-13,16H,1-2,6-7,9-10H2,3H3,(H,25,26)/b15-8+. The molecule has 1 aromatic carbocycles. The molecular formula is C22H23NO3. The molecule has 1 fully saturated rings. The van der Waals surface area contributed by atoms with E-state index in [0.717, 1.165) is 31.2 Å². The van der Waals surface area contributed by atoms with E-state index in [4.69, 9.17) is 0 Å². The monoisotopic (exact) mass is 349 g/mol. The van der Waals surface area contributed by atoms with Crippen LogP contribution in [0, 0.1) is 6.92 Å². The van der Waals surface area contributed by atoms with Gasteiger partial charge in [0.05, 0.1) is 0 Å². The molecule has 0 bridgehead atoms. The molecule has 1 saturated carbocycles. The van der Waals surface area contributed by atoms with Crippen LogP contribution in [0.2, 0.25) is 0 Å². The fraction of sp³-hybridized carbons (Fsp3) is 0.273. The van der Waals surface area contributed by atoms with Crippen molar-refractivity contribution in [2.45, 2.75) is 38.6 Å². The fourth-order valence-electron chi connectivity index (χ4n) is 3.92. The number of pyridine rings is 1. The summed E-state index contributed by atoms with van der Waals surface area (Å²) >= 11 is 0. The molecule has 0 saturated heterocycles. The number of carbonyl (C=O) groups is 1. The molecule has 0 atom stereocenters. The third kappa shape index (κ3) is 2.92. The van der Waals surface area contributed by atoms with Crippen LogP contribution in [0.15, 0.2) is 54.4 Å². The molecule has 1 heterocycles. The number of carboxylic acid groups (broad SMARTS) is 1. The summed E-state index contributed by atoms with van der Waals surface area (Å²) in [6, 6.07) is 5.48. The molecule has 26 heavy (non-hydrogen) atoms. The highest BCUT2D eigenvalue weighted by Crippen LogP contribution is 2.35. The zero-order valence-corrected chi connectivity index (χ0v) is 15.0. The van der Waals surface area contributed by atoms with Crippen molar-refractivity contribution < 1.29 is 9.90 Å². The van der Waals surface area contributed by atoms with Gasteiger partial charge in [0, 0.05) is 17.0 Å². The smallest absolute Gasteiger partial charge is 0.353 e. The molecule has 0 radical (unpaired) electrons. The summed E-state index contributed by atoms with van der Waals surface area (Å²) < 4.78 is 1.50. The van der Waals surface area contributed by atoms with Gasteiger partial charge in [-0.05, 0) is 36.8 Å². The quantitative estimate of drug-likeness (QED) is 0.783. The van der Waals surface area contributed by atoms with E-state index in [1.54, 1.807) is 24.3 Å². The zero-order valence-electron chi connectivity index (χ0n) is 15.0. The summed E-state index contributed by atoms with van der Waals surface area (Å²) in [5.41, 5.74) is 1.98. The van der Waals surface area contributed by atoms with E-state index in [9.17, 15) is 14.7 Å². The summed E-state index contributed by atoms with van der Waals surface area (Å²) in [6.45, 7) is 9.49. The number of aromatic carboxylic acids is 1. The molecular weight excluding hydrogens is 326 g/mol. The van der Waals surface area contributed by atoms with Gasteiger partial charge in [-0.3, -0.25) is 9.36 Å². The van der Waals surface area contributed by atoms with Gasteiger partial charge in [0.1, 0.15) is 5.69 Å². The highest BCUT2D eigenvalue weighted by atomic mass is 16.4. The fourth-order valence-corrected chi connectivity index (χ4v) is 3.92. The van der Waals surface area contributed by atoms with Crippen LogP contribution < -0.4 is 5.56 Å². The van der Waals surface area contributed by atoms with Gasteiger partial charge in [-0.15, -0.1) is 0 Å². The second kappa shape index (κ2) is 7.16. The van der Waals surface area contributed by atoms with E-state index in [0.29, 0.717) is 21.9 Å². The van der Waals surface area contributed by atoms with Gasteiger partial charge in [0.2, 0.25) is 0 Å². The summed E-state index contributed by atoms with van der Waals surface area (Å²) in [6.07, 6.45) is 8.63. The second-order valence-corrected chi connectivity index (χ2v) is 6.75. The first-order chi connectivity index (χ1) is 12.5. The summed E-state index contributed by atoms with van der Waals surface area (Å²) in [4.78, 5) is 25.5. The number of hydrogen-bond donors (Lipinski definition) is 1. The number of carboxylic acids is 1. The molecule has 2 aromatic rings. The number of aromatic nitrogens is 1. The Hall–Kier alpha value is -2.88. The topological polar surface area (TPSA) is 59.3 Å². The van der Waals surface area contributed by atoms with Crippen molar-refractivity contribution in [2.24, 2.45) is 0 Å². The van der Waals surface area contributed by atoms with Gasteiger partial charge in [-0.1, -0.05) is 61.9 Å². The molecule has 1 aromatic heterocycles. The lowest BCUT2D eigenvalue weighted by Crippen LogP contribution is -2.30. The van der Waals surface area contributed by atoms with Crippen LogP contribution in [0.25, 0.3) is 16.3 Å². The Kier molecular flexibility index (Phi) is 4.94. The average molecular weight is 349 g/mol. The van der Waals surface area contributed by atoms with Crippen molar-refractivity contribution in [3.05, 3.63) is 76.8 Å². The van der Waals surface area contributed by atoms with Gasteiger partial charge in [-0.2, -0.15) is 0 Å². The van der Waals surface area contributed by atoms with Gasteiger partial charge in [-0.25, -0.2) is 4.79 Å². The summed E-state index contributed by atoms with van der Waals surface area (Å²) in [5.74, 6) is -1.09. The van der Waals surface area contributed by atoms with Crippen molar-refractivity contribution in [3.63, 3.8) is 0 Å². The van der Waals surface area contributed by atoms with E-state index >= 15 is 0 Å². The molecule has 4 heteroatoms. The molecule has 1 N–H and O–H groups in total. The van der Waals surface area contributed by atoms with Crippen molar-refractivity contribution in [3.8, 4) is 0 Å². The molecule has 1 aliphatic rings. The second-order valence-electron chi connectivity index (χ2n) is 6.75. The van der Waals surface area contributed by atoms with Crippen molar-refractivity contribution in [2.75, 3.05) is 0 Å². The predicted octanol–water partition coefficient (Wildman–Crippen LogP) is 4.88. The molecule has 0 aliphatic heterocycles. The third-order valence-corrected chi connectivity index (χ3v) is 5.07. The maximum absolute atomic E-state index is 13.2. The van der Waals surface area contributed by atoms with E-state index in [1.807, 2.05) is 19.1 Å². The lowest BCUT2D eigenvalue weighted by Gasteiger charge is -2.22. The van der Waals surface area contributed by atoms with Crippen LogP contribution in [0.3, 0.4) is 0 Å². The van der Waals surface area contributed by atoms with Gasteiger partial charge in [0.25, 0.3) is 5.56 Å². The maximum Gasteiger partial charge on any atom is 0.353 e. The van der Waals surface area contributed by atoms with Crippen LogP contribution in [-0.2, 0) is 0 Å². The van der Waals surface area contributed by atoms with E-state index in [-0.39, 0.29) is 17.3 Å². The number of nitrogens with zero attached hydrogens (tertiary/aromatic N) is 1. The number of allylic oxidation sites excluding steroid dienone is 4. The SMILES string of the molecule is C=C/C=C(\C=C)c1c(C(=O)O)n(C2CCCC2)c(=O)c2ccc(C)cc12. The van der Waals surface area contributed by atoms with Crippen LogP contribution in [-0.4, -0.2) is 15.6 Å². The van der Waals surface area contributed by atoms with Crippen LogP contribution in [0.1, 0.15) is 53.3 Å². The number of rotatable bonds is 5. The minimum atomic E-state index is -1.09. The van der Waals surface area contributed by atoms with E-state index < -0.39 is 5.97 Å². The molecule has 0 amide bonds. The Balaban J connectivity index is 2.55. The normalized spacial score (nSPS) is 15.3. The maximum atomic E-state index is 13.2. The zero-order chi connectivity index (χ0) is 18.8. The van der Waals surface area contributed by atoms with Crippen molar-refractivity contribution in [1.29, 1.82) is 0 Å². The Bertz CT molecular complexity index is 989. The Morgan fingerprint density at radius 2 is 1.92 bits per heavy atom. The Morgan fingerprint density at radius 3 is 2.50 bits per heavy atom. The predicted molar refractivity (Wildman–Crippen MR) is 106 cm³/mol. The molecule has 0 spiro atoms. The van der Waals surface area contributed by atoms with E-state index in [1.165, 1.54) is 4.57 Å². The molecule has 1 aliphatic carbocycles. The molecule has 134 valence electrons. The first kappa shape index (κ1) is 17.9. The van der Waals surface area contributed by atoms with Gasteiger partial charge >= 0.3 is 5.97 Å². The first-order valence-electron chi connectivity index (χ1n) is 8.87. The Morgan fingerprint density at radius 1 is 1.23 bits per heavy atom. The number of hydrogen-bond acceptors (Lipinski definition) is 2. The lowest BCUT2D eigenvalue weighted by molar-refractivity contribution is 0.0680. The van der Waals surface area contributed by atoms with Gasteiger partial charge in [0.15, 0.2) is 0 Å². The average Bonchev–Trinajstić information content (AvgIpc) is 3.13. The number of fused-ring (bicyclic) bond motifs is 1. The highest BCUT2D eigenvalue weighted by molar-refractivity contribution is 6.04. The molecule has 3 rings (SSSR count). The van der Waals surface area contributed by atoms with Crippen LogP contribution in [0.4, 0.5) is 0 Å². The minimum Gasteiger partial charge on any atom is -0.477 e. The molecule has 0 unspecified atom stereocenters. The highest BCUT2D eigenvalue weighted by Gasteiger charge is 2.28. The summed E-state index contributed by atoms with van der Waals surface area (Å²) in [7, 11) is 0. The van der Waals surface area contributed by atoms with Crippen molar-refractivity contribution >= 4 is 22.3 Å². The largest absolute Gasteiger partial charge is 0.477 e. The molecule has 4 nitrogen and oxygen atoms in total.